The minimum Gasteiger partial charge on any atom is -0.256 e. The Bertz CT molecular complexity index is 360. The summed E-state index contributed by atoms with van der Waals surface area (Å²) < 4.78 is 0. The van der Waals surface area contributed by atoms with Crippen LogP contribution in [0.3, 0.4) is 0 Å². The Morgan fingerprint density at radius 2 is 1.73 bits per heavy atom. The van der Waals surface area contributed by atoms with Crippen LogP contribution < -0.4 is 10.7 Å². The molecule has 0 N–H and O–H groups in total. The van der Waals surface area contributed by atoms with Gasteiger partial charge in [-0.1, -0.05) is 43.3 Å². The quantitative estimate of drug-likeness (QED) is 0.717. The lowest BCUT2D eigenvalue weighted by Gasteiger charge is -2.14. The highest BCUT2D eigenvalue weighted by Gasteiger charge is 2.11. The molecule has 2 rings (SSSR count). The third-order valence-electron chi connectivity index (χ3n) is 2.31. The zero-order valence-corrected chi connectivity index (χ0v) is 9.69. The monoisotopic (exact) mass is 215 g/mol. The second-order valence-corrected chi connectivity index (χ2v) is 5.73. The van der Waals surface area contributed by atoms with Crippen LogP contribution in [0.25, 0.3) is 0 Å². The second kappa shape index (κ2) is 5.04. The SMILES string of the molecule is CCP(c1ccccc1)c1ccccn1. The third kappa shape index (κ3) is 2.43. The van der Waals surface area contributed by atoms with Crippen LogP contribution in [0.4, 0.5) is 0 Å². The van der Waals surface area contributed by atoms with Crippen LogP contribution in [0.15, 0.2) is 54.7 Å². The molecule has 0 saturated carbocycles. The average Bonchev–Trinajstić information content (AvgIpc) is 2.33. The van der Waals surface area contributed by atoms with Crippen molar-refractivity contribution in [2.45, 2.75) is 6.92 Å². The number of benzene rings is 1. The van der Waals surface area contributed by atoms with E-state index in [1.165, 1.54) is 10.7 Å². The van der Waals surface area contributed by atoms with Gasteiger partial charge >= 0.3 is 0 Å². The molecule has 0 bridgehead atoms. The molecule has 0 saturated heterocycles. The molecule has 1 unspecified atom stereocenters. The van der Waals surface area contributed by atoms with E-state index >= 15 is 0 Å². The maximum Gasteiger partial charge on any atom is 0.0675 e. The van der Waals surface area contributed by atoms with E-state index in [-0.39, 0.29) is 7.92 Å². The van der Waals surface area contributed by atoms with Crippen molar-refractivity contribution in [2.75, 3.05) is 6.16 Å². The molecule has 0 aliphatic carbocycles. The van der Waals surface area contributed by atoms with Crippen LogP contribution in [0, 0.1) is 0 Å². The molecule has 0 aliphatic heterocycles. The lowest BCUT2D eigenvalue weighted by atomic mass is 10.4. The number of pyridine rings is 1. The zero-order valence-electron chi connectivity index (χ0n) is 8.80. The van der Waals surface area contributed by atoms with E-state index in [4.69, 9.17) is 0 Å². The molecule has 15 heavy (non-hydrogen) atoms. The van der Waals surface area contributed by atoms with Crippen LogP contribution >= 0.6 is 7.92 Å². The Morgan fingerprint density at radius 1 is 1.00 bits per heavy atom. The molecule has 0 radical (unpaired) electrons. The first-order chi connectivity index (χ1) is 7.42. The van der Waals surface area contributed by atoms with Gasteiger partial charge in [0.1, 0.15) is 0 Å². The van der Waals surface area contributed by atoms with E-state index in [0.29, 0.717) is 0 Å². The standard InChI is InChI=1S/C13H14NP/c1-2-15(12-8-4-3-5-9-12)13-10-6-7-11-14-13/h3-11H,2H2,1H3. The molecule has 1 aromatic carbocycles. The molecule has 0 aliphatic rings. The van der Waals surface area contributed by atoms with Crippen molar-refractivity contribution in [3.63, 3.8) is 0 Å². The molecule has 1 aromatic heterocycles. The minimum absolute atomic E-state index is 0.260. The maximum atomic E-state index is 4.46. The summed E-state index contributed by atoms with van der Waals surface area (Å²) in [6.07, 6.45) is 3.03. The van der Waals surface area contributed by atoms with E-state index in [9.17, 15) is 0 Å². The first kappa shape index (κ1) is 10.3. The van der Waals surface area contributed by atoms with Gasteiger partial charge in [0.2, 0.25) is 0 Å². The highest BCUT2D eigenvalue weighted by molar-refractivity contribution is 7.72. The topological polar surface area (TPSA) is 12.9 Å². The van der Waals surface area contributed by atoms with E-state index in [2.05, 4.69) is 54.4 Å². The van der Waals surface area contributed by atoms with E-state index in [1.54, 1.807) is 0 Å². The predicted octanol–water partition coefficient (Wildman–Crippen LogP) is 2.53. The summed E-state index contributed by atoms with van der Waals surface area (Å²) in [5, 5.41) is 1.41. The summed E-state index contributed by atoms with van der Waals surface area (Å²) in [6, 6.07) is 16.8. The van der Waals surface area contributed by atoms with Gasteiger partial charge in [-0.3, -0.25) is 4.98 Å². The van der Waals surface area contributed by atoms with Crippen molar-refractivity contribution in [1.29, 1.82) is 0 Å². The first-order valence-corrected chi connectivity index (χ1v) is 6.68. The van der Waals surface area contributed by atoms with Crippen molar-refractivity contribution in [3.8, 4) is 0 Å². The molecule has 76 valence electrons. The smallest absolute Gasteiger partial charge is 0.0675 e. The lowest BCUT2D eigenvalue weighted by molar-refractivity contribution is 1.38. The fourth-order valence-corrected chi connectivity index (χ4v) is 3.56. The molecule has 0 fully saturated rings. The highest BCUT2D eigenvalue weighted by Crippen LogP contribution is 2.31. The van der Waals surface area contributed by atoms with Crippen molar-refractivity contribution in [1.82, 2.24) is 4.98 Å². The van der Waals surface area contributed by atoms with Gasteiger partial charge in [-0.15, -0.1) is 0 Å². The van der Waals surface area contributed by atoms with Gasteiger partial charge in [-0.05, 0) is 31.5 Å². The summed E-state index contributed by atoms with van der Waals surface area (Å²) in [6.45, 7) is 2.23. The Balaban J connectivity index is 2.34. The van der Waals surface area contributed by atoms with Crippen molar-refractivity contribution in [2.24, 2.45) is 0 Å². The van der Waals surface area contributed by atoms with Gasteiger partial charge in [-0.2, -0.15) is 0 Å². The second-order valence-electron chi connectivity index (χ2n) is 3.27. The van der Waals surface area contributed by atoms with E-state index in [0.717, 1.165) is 6.16 Å². The van der Waals surface area contributed by atoms with Gasteiger partial charge in [0, 0.05) is 6.20 Å². The normalized spacial score (nSPS) is 12.3. The van der Waals surface area contributed by atoms with E-state index in [1.807, 2.05) is 12.3 Å². The van der Waals surface area contributed by atoms with Gasteiger partial charge in [0.15, 0.2) is 0 Å². The van der Waals surface area contributed by atoms with Crippen molar-refractivity contribution < 1.29 is 0 Å². The molecule has 2 heteroatoms. The fraction of sp³-hybridized carbons (Fsp3) is 0.154. The van der Waals surface area contributed by atoms with Gasteiger partial charge in [-0.25, -0.2) is 0 Å². The van der Waals surface area contributed by atoms with E-state index < -0.39 is 0 Å². The molecule has 0 amide bonds. The molecule has 1 nitrogen and oxygen atoms in total. The maximum absolute atomic E-state index is 4.46. The molecular formula is C13H14NP. The van der Waals surface area contributed by atoms with Crippen LogP contribution in [-0.4, -0.2) is 11.1 Å². The number of hydrogen-bond donors (Lipinski definition) is 0. The molecule has 0 spiro atoms. The summed E-state index contributed by atoms with van der Waals surface area (Å²) in [4.78, 5) is 4.46. The first-order valence-electron chi connectivity index (χ1n) is 5.15. The van der Waals surface area contributed by atoms with Gasteiger partial charge < -0.3 is 0 Å². The van der Waals surface area contributed by atoms with Crippen LogP contribution in [0.5, 0.6) is 0 Å². The number of hydrogen-bond acceptors (Lipinski definition) is 1. The van der Waals surface area contributed by atoms with Crippen LogP contribution in [0.1, 0.15) is 6.92 Å². The summed E-state index contributed by atoms with van der Waals surface area (Å²) in [5.41, 5.74) is 1.22. The van der Waals surface area contributed by atoms with Crippen LogP contribution in [0.2, 0.25) is 0 Å². The Morgan fingerprint density at radius 3 is 2.33 bits per heavy atom. The number of aromatic nitrogens is 1. The Hall–Kier alpha value is -1.20. The van der Waals surface area contributed by atoms with Gasteiger partial charge in [0.25, 0.3) is 0 Å². The highest BCUT2D eigenvalue weighted by atomic mass is 31.1. The number of rotatable bonds is 3. The summed E-state index contributed by atoms with van der Waals surface area (Å²) in [7, 11) is -0.260. The Kier molecular flexibility index (Phi) is 3.47. The fourth-order valence-electron chi connectivity index (χ4n) is 1.60. The molecule has 2 aromatic rings. The number of nitrogens with zero attached hydrogens (tertiary/aromatic N) is 1. The minimum atomic E-state index is -0.260. The Labute approximate surface area is 91.9 Å². The van der Waals surface area contributed by atoms with Gasteiger partial charge in [0.05, 0.1) is 5.44 Å². The molecule has 1 atom stereocenters. The summed E-state index contributed by atoms with van der Waals surface area (Å²) in [5.74, 6) is 0. The zero-order chi connectivity index (χ0) is 10.5. The summed E-state index contributed by atoms with van der Waals surface area (Å²) >= 11 is 0. The average molecular weight is 215 g/mol. The van der Waals surface area contributed by atoms with Crippen molar-refractivity contribution >= 4 is 18.7 Å². The molecular weight excluding hydrogens is 201 g/mol. The predicted molar refractivity (Wildman–Crippen MR) is 67.4 cm³/mol. The lowest BCUT2D eigenvalue weighted by Crippen LogP contribution is -2.15. The third-order valence-corrected chi connectivity index (χ3v) is 4.68. The largest absolute Gasteiger partial charge is 0.256 e. The van der Waals surface area contributed by atoms with Crippen molar-refractivity contribution in [3.05, 3.63) is 54.7 Å². The van der Waals surface area contributed by atoms with Crippen LogP contribution in [-0.2, 0) is 0 Å². The molecule has 1 heterocycles.